The smallest absolute Gasteiger partial charge is 0.269 e. The summed E-state index contributed by atoms with van der Waals surface area (Å²) in [6.45, 7) is 3.19. The van der Waals surface area contributed by atoms with Gasteiger partial charge in [-0.05, 0) is 18.6 Å². The van der Waals surface area contributed by atoms with E-state index in [9.17, 15) is 14.9 Å². The largest absolute Gasteiger partial charge is 0.337 e. The summed E-state index contributed by atoms with van der Waals surface area (Å²) in [5.41, 5.74) is 0.431. The van der Waals surface area contributed by atoms with Gasteiger partial charge in [0.25, 0.3) is 11.6 Å². The van der Waals surface area contributed by atoms with Crippen molar-refractivity contribution in [3.05, 3.63) is 39.9 Å². The predicted octanol–water partition coefficient (Wildman–Crippen LogP) is 3.08. The number of carbonyl (C=O) groups excluding carboxylic acids is 1. The number of nitro benzene ring substituents is 1. The Balaban J connectivity index is 2.80. The van der Waals surface area contributed by atoms with Gasteiger partial charge in [0.05, 0.1) is 4.92 Å². The van der Waals surface area contributed by atoms with Crippen molar-refractivity contribution >= 4 is 23.2 Å². The molecule has 1 aromatic carbocycles. The fourth-order valence-corrected chi connectivity index (χ4v) is 1.88. The monoisotopic (exact) mass is 284 g/mol. The molecule has 0 saturated carbocycles. The molecule has 0 saturated heterocycles. The van der Waals surface area contributed by atoms with Crippen molar-refractivity contribution in [1.82, 2.24) is 4.90 Å². The Morgan fingerprint density at radius 1 is 1.32 bits per heavy atom. The molecular formula is C13H17ClN2O3. The van der Waals surface area contributed by atoms with Crippen LogP contribution in [0.1, 0.15) is 30.1 Å². The molecule has 5 nitrogen and oxygen atoms in total. The van der Waals surface area contributed by atoms with Crippen LogP contribution in [0.2, 0.25) is 0 Å². The van der Waals surface area contributed by atoms with Crippen molar-refractivity contribution in [2.24, 2.45) is 0 Å². The van der Waals surface area contributed by atoms with E-state index in [2.05, 4.69) is 6.92 Å². The summed E-state index contributed by atoms with van der Waals surface area (Å²) in [5, 5.41) is 10.6. The molecular weight excluding hydrogens is 268 g/mol. The molecule has 0 N–H and O–H groups in total. The minimum Gasteiger partial charge on any atom is -0.337 e. The molecule has 19 heavy (non-hydrogen) atoms. The van der Waals surface area contributed by atoms with Crippen molar-refractivity contribution in [2.45, 2.75) is 19.8 Å². The van der Waals surface area contributed by atoms with E-state index >= 15 is 0 Å². The molecule has 0 aliphatic heterocycles. The van der Waals surface area contributed by atoms with Crippen LogP contribution in [-0.4, -0.2) is 34.7 Å². The first-order valence-corrected chi connectivity index (χ1v) is 6.73. The number of carbonyl (C=O) groups is 1. The average molecular weight is 285 g/mol. The van der Waals surface area contributed by atoms with Gasteiger partial charge in [-0.15, -0.1) is 11.6 Å². The van der Waals surface area contributed by atoms with Gasteiger partial charge in [0.2, 0.25) is 0 Å². The summed E-state index contributed by atoms with van der Waals surface area (Å²) in [5.74, 6) is 0.242. The third-order valence-electron chi connectivity index (χ3n) is 2.75. The Morgan fingerprint density at radius 2 is 1.95 bits per heavy atom. The first-order valence-electron chi connectivity index (χ1n) is 6.19. The summed E-state index contributed by atoms with van der Waals surface area (Å²) >= 11 is 5.69. The Morgan fingerprint density at radius 3 is 2.42 bits per heavy atom. The van der Waals surface area contributed by atoms with E-state index in [1.165, 1.54) is 24.3 Å². The zero-order valence-electron chi connectivity index (χ0n) is 10.8. The predicted molar refractivity (Wildman–Crippen MR) is 74.6 cm³/mol. The first-order chi connectivity index (χ1) is 9.10. The fourth-order valence-electron chi connectivity index (χ4n) is 1.67. The third-order valence-corrected chi connectivity index (χ3v) is 2.92. The topological polar surface area (TPSA) is 63.5 Å². The van der Waals surface area contributed by atoms with Gasteiger partial charge in [-0.2, -0.15) is 0 Å². The molecule has 0 radical (unpaired) electrons. The second-order valence-electron chi connectivity index (χ2n) is 4.14. The molecule has 1 amide bonds. The number of amides is 1. The van der Waals surface area contributed by atoms with Gasteiger partial charge in [0, 0.05) is 36.7 Å². The highest BCUT2D eigenvalue weighted by atomic mass is 35.5. The molecule has 0 aliphatic rings. The lowest BCUT2D eigenvalue weighted by Gasteiger charge is -2.21. The zero-order chi connectivity index (χ0) is 14.3. The van der Waals surface area contributed by atoms with E-state index in [0.29, 0.717) is 24.5 Å². The Labute approximate surface area is 117 Å². The van der Waals surface area contributed by atoms with E-state index < -0.39 is 4.92 Å². The van der Waals surface area contributed by atoms with E-state index in [-0.39, 0.29) is 11.6 Å². The van der Waals surface area contributed by atoms with Gasteiger partial charge in [0.1, 0.15) is 0 Å². The maximum absolute atomic E-state index is 12.2. The first kappa shape index (κ1) is 15.4. The number of non-ortho nitro benzene ring substituents is 1. The number of benzene rings is 1. The van der Waals surface area contributed by atoms with Crippen LogP contribution >= 0.6 is 11.6 Å². The van der Waals surface area contributed by atoms with Crippen LogP contribution in [0.15, 0.2) is 24.3 Å². The van der Waals surface area contributed by atoms with Gasteiger partial charge in [-0.3, -0.25) is 14.9 Å². The fraction of sp³-hybridized carbons (Fsp3) is 0.462. The molecule has 1 rings (SSSR count). The molecule has 0 spiro atoms. The van der Waals surface area contributed by atoms with Crippen LogP contribution in [0.4, 0.5) is 5.69 Å². The van der Waals surface area contributed by atoms with Gasteiger partial charge in [-0.25, -0.2) is 0 Å². The molecule has 0 aromatic heterocycles. The zero-order valence-corrected chi connectivity index (χ0v) is 11.6. The second kappa shape index (κ2) is 7.74. The van der Waals surface area contributed by atoms with E-state index in [4.69, 9.17) is 11.6 Å². The van der Waals surface area contributed by atoms with Crippen LogP contribution in [-0.2, 0) is 0 Å². The van der Waals surface area contributed by atoms with Gasteiger partial charge < -0.3 is 4.90 Å². The molecule has 0 fully saturated rings. The number of hydrogen-bond donors (Lipinski definition) is 0. The number of alkyl halides is 1. The number of nitrogens with zero attached hydrogens (tertiary/aromatic N) is 2. The van der Waals surface area contributed by atoms with Crippen molar-refractivity contribution in [2.75, 3.05) is 19.0 Å². The normalized spacial score (nSPS) is 10.2. The third kappa shape index (κ3) is 4.52. The summed E-state index contributed by atoms with van der Waals surface area (Å²) in [7, 11) is 0. The summed E-state index contributed by atoms with van der Waals surface area (Å²) in [4.78, 5) is 24.0. The lowest BCUT2D eigenvalue weighted by atomic mass is 10.1. The van der Waals surface area contributed by atoms with Gasteiger partial charge in [-0.1, -0.05) is 13.3 Å². The van der Waals surface area contributed by atoms with E-state index in [1.807, 2.05) is 0 Å². The molecule has 0 aliphatic carbocycles. The Hall–Kier alpha value is -1.62. The van der Waals surface area contributed by atoms with E-state index in [0.717, 1.165) is 12.8 Å². The average Bonchev–Trinajstić information content (AvgIpc) is 2.42. The van der Waals surface area contributed by atoms with Crippen LogP contribution in [0.3, 0.4) is 0 Å². The molecule has 1 aromatic rings. The van der Waals surface area contributed by atoms with Crippen molar-refractivity contribution in [3.8, 4) is 0 Å². The van der Waals surface area contributed by atoms with E-state index in [1.54, 1.807) is 4.90 Å². The van der Waals surface area contributed by atoms with Crippen molar-refractivity contribution < 1.29 is 9.72 Å². The molecule has 0 heterocycles. The standard InChI is InChI=1S/C13H17ClN2O3/c1-2-3-9-15(10-8-14)13(17)11-4-6-12(7-5-11)16(18)19/h4-7H,2-3,8-10H2,1H3. The number of hydrogen-bond acceptors (Lipinski definition) is 3. The Bertz CT molecular complexity index is 434. The van der Waals surface area contributed by atoms with Crippen LogP contribution in [0.25, 0.3) is 0 Å². The molecule has 0 atom stereocenters. The lowest BCUT2D eigenvalue weighted by Crippen LogP contribution is -2.33. The second-order valence-corrected chi connectivity index (χ2v) is 4.52. The maximum atomic E-state index is 12.2. The van der Waals surface area contributed by atoms with Crippen LogP contribution in [0, 0.1) is 10.1 Å². The number of unbranched alkanes of at least 4 members (excludes halogenated alkanes) is 1. The Kier molecular flexibility index (Phi) is 6.29. The lowest BCUT2D eigenvalue weighted by molar-refractivity contribution is -0.384. The van der Waals surface area contributed by atoms with Gasteiger partial charge >= 0.3 is 0 Å². The summed E-state index contributed by atoms with van der Waals surface area (Å²) in [6, 6.07) is 5.64. The summed E-state index contributed by atoms with van der Waals surface area (Å²) in [6.07, 6.45) is 1.90. The summed E-state index contributed by atoms with van der Waals surface area (Å²) < 4.78 is 0. The molecule has 0 unspecified atom stereocenters. The molecule has 0 bridgehead atoms. The highest BCUT2D eigenvalue weighted by molar-refractivity contribution is 6.18. The SMILES string of the molecule is CCCCN(CCCl)C(=O)c1ccc([N+](=O)[O-])cc1. The number of rotatable bonds is 7. The van der Waals surface area contributed by atoms with Gasteiger partial charge in [0.15, 0.2) is 0 Å². The molecule has 6 heteroatoms. The minimum atomic E-state index is -0.484. The van der Waals surface area contributed by atoms with Crippen LogP contribution in [0.5, 0.6) is 0 Å². The highest BCUT2D eigenvalue weighted by Crippen LogP contribution is 2.14. The number of halogens is 1. The van der Waals surface area contributed by atoms with Crippen molar-refractivity contribution in [1.29, 1.82) is 0 Å². The minimum absolute atomic E-state index is 0.0194. The van der Waals surface area contributed by atoms with Crippen LogP contribution < -0.4 is 0 Å². The highest BCUT2D eigenvalue weighted by Gasteiger charge is 2.15. The maximum Gasteiger partial charge on any atom is 0.269 e. The quantitative estimate of drug-likeness (QED) is 0.439. The number of nitro groups is 1. The molecule has 104 valence electrons. The van der Waals surface area contributed by atoms with Crippen molar-refractivity contribution in [3.63, 3.8) is 0 Å².